The Bertz CT molecular complexity index is 187. The second-order valence-corrected chi connectivity index (χ2v) is 2.59. The summed E-state index contributed by atoms with van der Waals surface area (Å²) in [6, 6.07) is 0. The average molecular weight is 179 g/mol. The summed E-state index contributed by atoms with van der Waals surface area (Å²) in [5.41, 5.74) is 0.157. The van der Waals surface area contributed by atoms with E-state index in [0.717, 1.165) is 7.11 Å². The van der Waals surface area contributed by atoms with Gasteiger partial charge in [-0.3, -0.25) is 0 Å². The molecule has 0 aromatic heterocycles. The Kier molecular flexibility index (Phi) is 4.61. The molecule has 0 amide bonds. The topological polar surface area (TPSA) is 61.8 Å². The van der Waals surface area contributed by atoms with Crippen molar-refractivity contribution in [1.29, 1.82) is 0 Å². The van der Waals surface area contributed by atoms with Gasteiger partial charge in [-0.05, 0) is 6.92 Å². The van der Waals surface area contributed by atoms with Gasteiger partial charge in [-0.25, -0.2) is 9.68 Å². The van der Waals surface area contributed by atoms with Gasteiger partial charge in [0.2, 0.25) is 0 Å². The van der Waals surface area contributed by atoms with E-state index in [1.54, 1.807) is 0 Å². The predicted octanol–water partition coefficient (Wildman–Crippen LogP) is 1.34. The molecule has 0 spiro atoms. The molecule has 1 atom stereocenters. The number of rotatable bonds is 4. The lowest BCUT2D eigenvalue weighted by Gasteiger charge is -1.90. The standard InChI is InChI=1S/C5H8O5P/c1-4(2)5(6)9-10-11(7)8-3/h1H2,2-3H3/q+1. The van der Waals surface area contributed by atoms with Crippen LogP contribution in [0.25, 0.3) is 0 Å². The van der Waals surface area contributed by atoms with Crippen molar-refractivity contribution in [2.45, 2.75) is 6.92 Å². The fourth-order valence-corrected chi connectivity index (χ4v) is 0.355. The molecule has 0 saturated carbocycles. The van der Waals surface area contributed by atoms with E-state index in [2.05, 4.69) is 20.7 Å². The summed E-state index contributed by atoms with van der Waals surface area (Å²) in [7, 11) is -1.21. The Morgan fingerprint density at radius 1 is 1.55 bits per heavy atom. The van der Waals surface area contributed by atoms with Crippen LogP contribution in [-0.4, -0.2) is 13.1 Å². The molecule has 0 saturated heterocycles. The van der Waals surface area contributed by atoms with Crippen LogP contribution in [0.2, 0.25) is 0 Å². The molecule has 0 N–H and O–H groups in total. The Morgan fingerprint density at radius 3 is 2.45 bits per heavy atom. The summed E-state index contributed by atoms with van der Waals surface area (Å²) in [5.74, 6) is -0.773. The van der Waals surface area contributed by atoms with E-state index in [-0.39, 0.29) is 5.57 Å². The molecule has 62 valence electrons. The molecular formula is C5H8O5P+. The van der Waals surface area contributed by atoms with Crippen LogP contribution in [0.1, 0.15) is 6.92 Å². The molecule has 5 nitrogen and oxygen atoms in total. The number of hydrogen-bond acceptors (Lipinski definition) is 5. The number of carbonyl (C=O) groups is 1. The monoisotopic (exact) mass is 179 g/mol. The molecule has 1 unspecified atom stereocenters. The molecule has 0 fully saturated rings. The maximum absolute atomic E-state index is 10.5. The minimum absolute atomic E-state index is 0.157. The minimum atomic E-state index is -2.37. The predicted molar refractivity (Wildman–Crippen MR) is 36.6 cm³/mol. The Labute approximate surface area is 64.8 Å². The fraction of sp³-hybridized carbons (Fsp3) is 0.400. The van der Waals surface area contributed by atoms with Gasteiger partial charge in [0.05, 0.1) is 7.11 Å². The third kappa shape index (κ3) is 4.61. The summed E-state index contributed by atoms with van der Waals surface area (Å²) < 4.78 is 18.5. The molecule has 0 bridgehead atoms. The fourth-order valence-electron chi connectivity index (χ4n) is 0.166. The maximum atomic E-state index is 10.5. The van der Waals surface area contributed by atoms with E-state index >= 15 is 0 Å². The smallest absolute Gasteiger partial charge is 0.246 e. The van der Waals surface area contributed by atoms with Gasteiger partial charge in [-0.2, -0.15) is 0 Å². The zero-order valence-corrected chi connectivity index (χ0v) is 7.09. The van der Waals surface area contributed by atoms with Crippen LogP contribution in [0, 0.1) is 0 Å². The Hall–Kier alpha value is -0.770. The van der Waals surface area contributed by atoms with Crippen molar-refractivity contribution in [3.05, 3.63) is 12.2 Å². The molecular weight excluding hydrogens is 171 g/mol. The molecule has 6 heteroatoms. The van der Waals surface area contributed by atoms with Crippen LogP contribution in [0.3, 0.4) is 0 Å². The molecule has 0 aliphatic rings. The minimum Gasteiger partial charge on any atom is -0.246 e. The van der Waals surface area contributed by atoms with E-state index in [4.69, 9.17) is 0 Å². The highest BCUT2D eigenvalue weighted by Crippen LogP contribution is 2.22. The first-order chi connectivity index (χ1) is 5.07. The molecule has 0 aliphatic heterocycles. The van der Waals surface area contributed by atoms with Gasteiger partial charge in [-0.15, -0.1) is 4.52 Å². The van der Waals surface area contributed by atoms with Crippen molar-refractivity contribution in [1.82, 2.24) is 0 Å². The first kappa shape index (κ1) is 10.2. The number of hydrogen-bond donors (Lipinski definition) is 0. The average Bonchev–Trinajstić information content (AvgIpc) is 1.99. The Morgan fingerprint density at radius 2 is 2.09 bits per heavy atom. The van der Waals surface area contributed by atoms with Crippen molar-refractivity contribution in [3.8, 4) is 0 Å². The van der Waals surface area contributed by atoms with Gasteiger partial charge in [0.1, 0.15) is 4.67 Å². The summed E-state index contributed by atoms with van der Waals surface area (Å²) in [5, 5.41) is 0. The molecule has 11 heavy (non-hydrogen) atoms. The maximum Gasteiger partial charge on any atom is 0.738 e. The van der Waals surface area contributed by atoms with Crippen molar-refractivity contribution in [2.24, 2.45) is 0 Å². The van der Waals surface area contributed by atoms with Gasteiger partial charge < -0.3 is 0 Å². The van der Waals surface area contributed by atoms with Crippen LogP contribution in [0.15, 0.2) is 12.2 Å². The highest BCUT2D eigenvalue weighted by Gasteiger charge is 2.22. The van der Waals surface area contributed by atoms with Crippen molar-refractivity contribution in [3.63, 3.8) is 0 Å². The quantitative estimate of drug-likeness (QED) is 0.282. The second kappa shape index (κ2) is 4.96. The molecule has 0 heterocycles. The lowest BCUT2D eigenvalue weighted by Crippen LogP contribution is -2.02. The zero-order chi connectivity index (χ0) is 8.85. The third-order valence-electron chi connectivity index (χ3n) is 0.671. The van der Waals surface area contributed by atoms with Gasteiger partial charge in [-0.1, -0.05) is 6.58 Å². The summed E-state index contributed by atoms with van der Waals surface area (Å²) in [6.07, 6.45) is 0. The van der Waals surface area contributed by atoms with Crippen LogP contribution >= 0.6 is 8.25 Å². The summed E-state index contributed by atoms with van der Waals surface area (Å²) in [6.45, 7) is 4.70. The zero-order valence-electron chi connectivity index (χ0n) is 6.20. The van der Waals surface area contributed by atoms with Crippen molar-refractivity contribution < 1.29 is 23.4 Å². The third-order valence-corrected chi connectivity index (χ3v) is 1.17. The van der Waals surface area contributed by atoms with E-state index in [0.29, 0.717) is 0 Å². The van der Waals surface area contributed by atoms with Gasteiger partial charge in [0, 0.05) is 10.1 Å². The highest BCUT2D eigenvalue weighted by atomic mass is 31.1. The molecule has 0 radical (unpaired) electrons. The van der Waals surface area contributed by atoms with Crippen LogP contribution in [-0.2, 0) is 23.4 Å². The van der Waals surface area contributed by atoms with Gasteiger partial charge in [0.25, 0.3) is 0 Å². The lowest BCUT2D eigenvalue weighted by molar-refractivity contribution is -0.209. The highest BCUT2D eigenvalue weighted by molar-refractivity contribution is 7.33. The first-order valence-electron chi connectivity index (χ1n) is 2.63. The largest absolute Gasteiger partial charge is 0.738 e. The first-order valence-corrected chi connectivity index (χ1v) is 3.73. The molecule has 0 aromatic carbocycles. The van der Waals surface area contributed by atoms with Crippen molar-refractivity contribution in [2.75, 3.05) is 7.11 Å². The van der Waals surface area contributed by atoms with Crippen LogP contribution in [0.4, 0.5) is 0 Å². The van der Waals surface area contributed by atoms with Gasteiger partial charge >= 0.3 is 14.2 Å². The van der Waals surface area contributed by atoms with Crippen molar-refractivity contribution >= 4 is 14.2 Å². The molecule has 0 aromatic rings. The summed E-state index contributed by atoms with van der Waals surface area (Å²) >= 11 is 0. The van der Waals surface area contributed by atoms with E-state index in [1.165, 1.54) is 6.92 Å². The SMILES string of the molecule is C=C(C)C(=O)OO[P+](=O)OC. The molecule has 0 aliphatic carbocycles. The molecule has 0 rings (SSSR count). The summed E-state index contributed by atoms with van der Waals surface area (Å²) in [4.78, 5) is 14.5. The number of carbonyl (C=O) groups excluding carboxylic acids is 1. The second-order valence-electron chi connectivity index (χ2n) is 1.63. The van der Waals surface area contributed by atoms with Crippen LogP contribution in [0.5, 0.6) is 0 Å². The van der Waals surface area contributed by atoms with E-state index in [9.17, 15) is 9.36 Å². The van der Waals surface area contributed by atoms with Crippen LogP contribution < -0.4 is 0 Å². The van der Waals surface area contributed by atoms with E-state index < -0.39 is 14.2 Å². The van der Waals surface area contributed by atoms with Gasteiger partial charge in [0.15, 0.2) is 0 Å². The normalized spacial score (nSPS) is 10.5. The van der Waals surface area contributed by atoms with E-state index in [1.807, 2.05) is 0 Å². The lowest BCUT2D eigenvalue weighted by atomic mass is 10.4. The Balaban J connectivity index is 3.63.